The van der Waals surface area contributed by atoms with Gasteiger partial charge in [0.05, 0.1) is 0 Å². The zero-order valence-electron chi connectivity index (χ0n) is 11.6. The molecular weight excluding hydrogens is 206 g/mol. The summed E-state index contributed by atoms with van der Waals surface area (Å²) in [5, 5.41) is 3.89. The molecule has 0 aromatic carbocycles. The van der Waals surface area contributed by atoms with Crippen LogP contribution in [0.5, 0.6) is 0 Å². The van der Waals surface area contributed by atoms with Gasteiger partial charge in [0.15, 0.2) is 0 Å². The first-order chi connectivity index (χ1) is 8.47. The second-order valence-electron chi connectivity index (χ2n) is 6.22. The molecule has 1 saturated heterocycles. The summed E-state index contributed by atoms with van der Waals surface area (Å²) in [4.78, 5) is 0. The van der Waals surface area contributed by atoms with Crippen LogP contribution in [0.25, 0.3) is 0 Å². The zero-order valence-corrected chi connectivity index (χ0v) is 11.6. The standard InChI is InChI=1S/C16H31N/c1-3-7-11-15-12-8-4-2-6-10-14-17-16(15)13-9-5-1/h15-17H,1-14H2. The average Bonchev–Trinajstić information content (AvgIpc) is 2.46. The maximum absolute atomic E-state index is 3.89. The highest BCUT2D eigenvalue weighted by atomic mass is 14.9. The molecule has 0 bridgehead atoms. The summed E-state index contributed by atoms with van der Waals surface area (Å²) in [6, 6.07) is 0.853. The Hall–Kier alpha value is -0.0400. The molecule has 1 heterocycles. The Bertz CT molecular complexity index is 170. The lowest BCUT2D eigenvalue weighted by Crippen LogP contribution is -2.37. The molecule has 1 aliphatic carbocycles. The van der Waals surface area contributed by atoms with Gasteiger partial charge in [-0.1, -0.05) is 57.8 Å². The summed E-state index contributed by atoms with van der Waals surface area (Å²) in [7, 11) is 0. The van der Waals surface area contributed by atoms with E-state index < -0.39 is 0 Å². The van der Waals surface area contributed by atoms with Gasteiger partial charge in [0, 0.05) is 6.04 Å². The minimum atomic E-state index is 0.853. The van der Waals surface area contributed by atoms with Gasteiger partial charge < -0.3 is 5.32 Å². The third-order valence-electron chi connectivity index (χ3n) is 4.82. The Morgan fingerprint density at radius 3 is 1.76 bits per heavy atom. The highest BCUT2D eigenvalue weighted by Gasteiger charge is 2.21. The summed E-state index contributed by atoms with van der Waals surface area (Å²) in [5.41, 5.74) is 0. The second-order valence-corrected chi connectivity index (χ2v) is 6.22. The minimum Gasteiger partial charge on any atom is -0.314 e. The fourth-order valence-electron chi connectivity index (χ4n) is 3.70. The monoisotopic (exact) mass is 237 g/mol. The van der Waals surface area contributed by atoms with Gasteiger partial charge in [-0.05, 0) is 38.1 Å². The van der Waals surface area contributed by atoms with Gasteiger partial charge in [-0.15, -0.1) is 0 Å². The van der Waals surface area contributed by atoms with Crippen molar-refractivity contribution in [1.29, 1.82) is 0 Å². The summed E-state index contributed by atoms with van der Waals surface area (Å²) >= 11 is 0. The molecule has 2 unspecified atom stereocenters. The van der Waals surface area contributed by atoms with E-state index in [2.05, 4.69) is 5.32 Å². The maximum Gasteiger partial charge on any atom is 0.00953 e. The maximum atomic E-state index is 3.89. The molecule has 0 aromatic heterocycles. The number of rotatable bonds is 0. The van der Waals surface area contributed by atoms with Crippen molar-refractivity contribution < 1.29 is 0 Å². The Labute approximate surface area is 108 Å². The first kappa shape index (κ1) is 13.4. The van der Waals surface area contributed by atoms with Crippen LogP contribution in [-0.2, 0) is 0 Å². The largest absolute Gasteiger partial charge is 0.314 e. The van der Waals surface area contributed by atoms with Crippen LogP contribution in [0.2, 0.25) is 0 Å². The van der Waals surface area contributed by atoms with Gasteiger partial charge in [-0.3, -0.25) is 0 Å². The van der Waals surface area contributed by atoms with Gasteiger partial charge in [-0.25, -0.2) is 0 Å². The number of fused-ring (bicyclic) bond motifs is 1. The van der Waals surface area contributed by atoms with E-state index in [1.807, 2.05) is 0 Å². The van der Waals surface area contributed by atoms with Crippen LogP contribution < -0.4 is 5.32 Å². The summed E-state index contributed by atoms with van der Waals surface area (Å²) in [5.74, 6) is 0.992. The lowest BCUT2D eigenvalue weighted by Gasteiger charge is -2.29. The number of hydrogen-bond acceptors (Lipinski definition) is 1. The molecule has 2 fully saturated rings. The van der Waals surface area contributed by atoms with Crippen LogP contribution in [-0.4, -0.2) is 12.6 Å². The van der Waals surface area contributed by atoms with Crippen molar-refractivity contribution in [3.8, 4) is 0 Å². The van der Waals surface area contributed by atoms with Crippen molar-refractivity contribution >= 4 is 0 Å². The molecule has 2 atom stereocenters. The number of hydrogen-bond donors (Lipinski definition) is 1. The van der Waals surface area contributed by atoms with Crippen molar-refractivity contribution in [3.63, 3.8) is 0 Å². The molecule has 2 rings (SSSR count). The highest BCUT2D eigenvalue weighted by Crippen LogP contribution is 2.27. The first-order valence-corrected chi connectivity index (χ1v) is 8.20. The molecule has 0 aromatic rings. The number of nitrogens with one attached hydrogen (secondary N) is 1. The Kier molecular flexibility index (Phi) is 6.41. The van der Waals surface area contributed by atoms with E-state index in [0.29, 0.717) is 0 Å². The minimum absolute atomic E-state index is 0.853. The van der Waals surface area contributed by atoms with Crippen LogP contribution in [0, 0.1) is 5.92 Å². The third-order valence-corrected chi connectivity index (χ3v) is 4.82. The molecule has 1 aliphatic heterocycles. The predicted octanol–water partition coefficient (Wildman–Crippen LogP) is 4.66. The molecule has 0 spiro atoms. The van der Waals surface area contributed by atoms with Crippen molar-refractivity contribution in [2.45, 2.75) is 89.5 Å². The van der Waals surface area contributed by atoms with Gasteiger partial charge in [0.25, 0.3) is 0 Å². The first-order valence-electron chi connectivity index (χ1n) is 8.20. The van der Waals surface area contributed by atoms with Crippen LogP contribution in [0.4, 0.5) is 0 Å². The lowest BCUT2D eigenvalue weighted by atomic mass is 9.86. The SMILES string of the molecule is C1CCCNC2CCCCCCCC2CCC1. The van der Waals surface area contributed by atoms with E-state index >= 15 is 0 Å². The molecule has 17 heavy (non-hydrogen) atoms. The fourth-order valence-corrected chi connectivity index (χ4v) is 3.70. The van der Waals surface area contributed by atoms with Crippen molar-refractivity contribution in [3.05, 3.63) is 0 Å². The van der Waals surface area contributed by atoms with Gasteiger partial charge in [0.2, 0.25) is 0 Å². The second kappa shape index (κ2) is 8.13. The molecule has 1 heteroatoms. The van der Waals surface area contributed by atoms with Crippen molar-refractivity contribution in [2.24, 2.45) is 5.92 Å². The van der Waals surface area contributed by atoms with E-state index in [-0.39, 0.29) is 0 Å². The third kappa shape index (κ3) is 4.99. The Balaban J connectivity index is 1.89. The highest BCUT2D eigenvalue weighted by molar-refractivity contribution is 4.78. The van der Waals surface area contributed by atoms with E-state index in [4.69, 9.17) is 0 Å². The Morgan fingerprint density at radius 2 is 1.06 bits per heavy atom. The zero-order chi connectivity index (χ0) is 11.8. The van der Waals surface area contributed by atoms with Crippen molar-refractivity contribution in [2.75, 3.05) is 6.54 Å². The van der Waals surface area contributed by atoms with E-state index in [9.17, 15) is 0 Å². The normalized spacial score (nSPS) is 33.9. The van der Waals surface area contributed by atoms with E-state index in [0.717, 1.165) is 12.0 Å². The van der Waals surface area contributed by atoms with Gasteiger partial charge in [0.1, 0.15) is 0 Å². The summed E-state index contributed by atoms with van der Waals surface area (Å²) in [6.45, 7) is 1.28. The lowest BCUT2D eigenvalue weighted by molar-refractivity contribution is 0.280. The average molecular weight is 237 g/mol. The van der Waals surface area contributed by atoms with Crippen LogP contribution in [0.3, 0.4) is 0 Å². The molecule has 100 valence electrons. The fraction of sp³-hybridized carbons (Fsp3) is 1.00. The molecule has 1 N–H and O–H groups in total. The predicted molar refractivity (Wildman–Crippen MR) is 75.3 cm³/mol. The van der Waals surface area contributed by atoms with Gasteiger partial charge in [-0.2, -0.15) is 0 Å². The topological polar surface area (TPSA) is 12.0 Å². The Morgan fingerprint density at radius 1 is 0.529 bits per heavy atom. The van der Waals surface area contributed by atoms with Crippen LogP contribution >= 0.6 is 0 Å². The summed E-state index contributed by atoms with van der Waals surface area (Å²) < 4.78 is 0. The van der Waals surface area contributed by atoms with E-state index in [1.165, 1.54) is 90.0 Å². The molecule has 2 aliphatic rings. The molecule has 0 radical (unpaired) electrons. The molecule has 0 amide bonds. The van der Waals surface area contributed by atoms with E-state index in [1.54, 1.807) is 0 Å². The van der Waals surface area contributed by atoms with Crippen LogP contribution in [0.15, 0.2) is 0 Å². The summed E-state index contributed by atoms with van der Waals surface area (Å²) in [6.07, 6.45) is 19.2. The van der Waals surface area contributed by atoms with Crippen molar-refractivity contribution in [1.82, 2.24) is 5.32 Å². The smallest absolute Gasteiger partial charge is 0.00953 e. The van der Waals surface area contributed by atoms with Gasteiger partial charge >= 0.3 is 0 Å². The van der Waals surface area contributed by atoms with Crippen LogP contribution in [0.1, 0.15) is 83.5 Å². The molecule has 1 saturated carbocycles. The molecular formula is C16H31N. The molecule has 1 nitrogen and oxygen atoms in total. The quantitative estimate of drug-likeness (QED) is 0.646.